The van der Waals surface area contributed by atoms with Crippen LogP contribution in [0.3, 0.4) is 0 Å². The molecule has 1 saturated heterocycles. The van der Waals surface area contributed by atoms with Gasteiger partial charge in [0, 0.05) is 18.7 Å². The Morgan fingerprint density at radius 1 is 1.44 bits per heavy atom. The van der Waals surface area contributed by atoms with E-state index in [0.717, 1.165) is 39.0 Å². The van der Waals surface area contributed by atoms with Gasteiger partial charge in [-0.3, -0.25) is 0 Å². The highest BCUT2D eigenvalue weighted by Gasteiger charge is 2.38. The van der Waals surface area contributed by atoms with Gasteiger partial charge in [0.05, 0.1) is 6.10 Å². The van der Waals surface area contributed by atoms with Gasteiger partial charge in [-0.05, 0) is 45.1 Å². The normalized spacial score (nSPS) is 30.9. The minimum atomic E-state index is 0.130. The maximum atomic E-state index is 5.92. The lowest BCUT2D eigenvalue weighted by Crippen LogP contribution is -2.53. The summed E-state index contributed by atoms with van der Waals surface area (Å²) in [6, 6.07) is 0. The van der Waals surface area contributed by atoms with Gasteiger partial charge >= 0.3 is 0 Å². The van der Waals surface area contributed by atoms with Gasteiger partial charge in [-0.1, -0.05) is 13.8 Å². The van der Waals surface area contributed by atoms with Crippen LogP contribution in [0.4, 0.5) is 0 Å². The third kappa shape index (κ3) is 2.76. The fourth-order valence-electron chi connectivity index (χ4n) is 2.32. The Morgan fingerprint density at radius 3 is 2.44 bits per heavy atom. The zero-order valence-corrected chi connectivity index (χ0v) is 11.3. The molecular formula is C13H28N2O. The molecule has 3 heteroatoms. The first-order valence-electron chi connectivity index (χ1n) is 6.58. The summed E-state index contributed by atoms with van der Waals surface area (Å²) in [4.78, 5) is 0. The molecule has 0 radical (unpaired) electrons. The first-order valence-corrected chi connectivity index (χ1v) is 6.58. The lowest BCUT2D eigenvalue weighted by Gasteiger charge is -2.37. The van der Waals surface area contributed by atoms with Crippen molar-refractivity contribution in [3.05, 3.63) is 0 Å². The first kappa shape index (κ1) is 13.9. The van der Waals surface area contributed by atoms with E-state index in [1.165, 1.54) is 0 Å². The van der Waals surface area contributed by atoms with Crippen LogP contribution in [0.1, 0.15) is 47.0 Å². The number of ether oxygens (including phenoxy) is 1. The predicted octanol–water partition coefficient (Wildman–Crippen LogP) is 1.91. The van der Waals surface area contributed by atoms with Gasteiger partial charge < -0.3 is 15.8 Å². The number of nitrogens with two attached hydrogens (primary N) is 1. The second kappa shape index (κ2) is 5.48. The molecule has 0 aromatic carbocycles. The van der Waals surface area contributed by atoms with Crippen molar-refractivity contribution in [3.8, 4) is 0 Å². The minimum absolute atomic E-state index is 0.130. The molecule has 1 heterocycles. The predicted molar refractivity (Wildman–Crippen MR) is 68.5 cm³/mol. The van der Waals surface area contributed by atoms with Crippen molar-refractivity contribution < 1.29 is 4.74 Å². The fourth-order valence-corrected chi connectivity index (χ4v) is 2.32. The average molecular weight is 228 g/mol. The number of nitrogens with one attached hydrogen (secondary N) is 1. The van der Waals surface area contributed by atoms with Crippen LogP contribution in [0.25, 0.3) is 0 Å². The molecule has 0 bridgehead atoms. The van der Waals surface area contributed by atoms with E-state index in [4.69, 9.17) is 10.5 Å². The van der Waals surface area contributed by atoms with E-state index in [0.29, 0.717) is 6.10 Å². The third-order valence-electron chi connectivity index (χ3n) is 4.69. The summed E-state index contributed by atoms with van der Waals surface area (Å²) in [5, 5.41) is 3.70. The molecule has 16 heavy (non-hydrogen) atoms. The summed E-state index contributed by atoms with van der Waals surface area (Å²) in [6.45, 7) is 11.5. The maximum absolute atomic E-state index is 5.92. The number of rotatable bonds is 6. The third-order valence-corrected chi connectivity index (χ3v) is 4.69. The average Bonchev–Trinajstić information content (AvgIpc) is 2.63. The maximum Gasteiger partial charge on any atom is 0.0726 e. The standard InChI is InChI=1S/C13H28N2O/c1-5-13(6-2,9-14)10-15-12(4)7-8-16-11(12)3/h11,15H,5-10,14H2,1-4H3. The van der Waals surface area contributed by atoms with Crippen molar-refractivity contribution in [1.82, 2.24) is 5.32 Å². The van der Waals surface area contributed by atoms with Crippen LogP contribution in [0.2, 0.25) is 0 Å². The molecule has 96 valence electrons. The monoisotopic (exact) mass is 228 g/mol. The quantitative estimate of drug-likeness (QED) is 0.730. The molecule has 0 spiro atoms. The Bertz CT molecular complexity index is 206. The summed E-state index contributed by atoms with van der Waals surface area (Å²) in [7, 11) is 0. The van der Waals surface area contributed by atoms with Crippen molar-refractivity contribution in [2.45, 2.75) is 58.6 Å². The van der Waals surface area contributed by atoms with Crippen LogP contribution >= 0.6 is 0 Å². The van der Waals surface area contributed by atoms with E-state index in [2.05, 4.69) is 33.0 Å². The second-order valence-electron chi connectivity index (χ2n) is 5.45. The topological polar surface area (TPSA) is 47.3 Å². The lowest BCUT2D eigenvalue weighted by atomic mass is 9.81. The van der Waals surface area contributed by atoms with Gasteiger partial charge in [0.2, 0.25) is 0 Å². The molecule has 1 aliphatic heterocycles. The SMILES string of the molecule is CCC(CC)(CN)CNC1(C)CCOC1C. The molecule has 2 atom stereocenters. The Hall–Kier alpha value is -0.120. The fraction of sp³-hybridized carbons (Fsp3) is 1.00. The Kier molecular flexibility index (Phi) is 4.77. The smallest absolute Gasteiger partial charge is 0.0726 e. The molecule has 3 nitrogen and oxygen atoms in total. The van der Waals surface area contributed by atoms with E-state index in [1.807, 2.05) is 0 Å². The first-order chi connectivity index (χ1) is 7.52. The van der Waals surface area contributed by atoms with Crippen LogP contribution in [-0.4, -0.2) is 31.3 Å². The summed E-state index contributed by atoms with van der Waals surface area (Å²) in [6.07, 6.45) is 3.68. The Balaban J connectivity index is 2.55. The number of hydrogen-bond donors (Lipinski definition) is 2. The van der Waals surface area contributed by atoms with Crippen LogP contribution in [0.15, 0.2) is 0 Å². The molecule has 3 N–H and O–H groups in total. The molecule has 2 unspecified atom stereocenters. The van der Waals surface area contributed by atoms with Crippen LogP contribution in [0, 0.1) is 5.41 Å². The van der Waals surface area contributed by atoms with Gasteiger partial charge in [0.25, 0.3) is 0 Å². The molecule has 0 aliphatic carbocycles. The summed E-state index contributed by atoms with van der Waals surface area (Å²) < 4.78 is 5.64. The molecule has 1 fully saturated rings. The van der Waals surface area contributed by atoms with Gasteiger partial charge in [0.1, 0.15) is 0 Å². The summed E-state index contributed by atoms with van der Waals surface area (Å²) >= 11 is 0. The molecule has 1 rings (SSSR count). The molecule has 0 amide bonds. The van der Waals surface area contributed by atoms with Gasteiger partial charge in [-0.25, -0.2) is 0 Å². The van der Waals surface area contributed by atoms with Gasteiger partial charge in [-0.2, -0.15) is 0 Å². The van der Waals surface area contributed by atoms with Crippen LogP contribution in [-0.2, 0) is 4.74 Å². The Labute approximate surface area is 100 Å². The molecule has 0 aromatic heterocycles. The van der Waals surface area contributed by atoms with Crippen molar-refractivity contribution in [3.63, 3.8) is 0 Å². The van der Waals surface area contributed by atoms with E-state index >= 15 is 0 Å². The van der Waals surface area contributed by atoms with Crippen LogP contribution < -0.4 is 11.1 Å². The second-order valence-corrected chi connectivity index (χ2v) is 5.45. The summed E-state index contributed by atoms with van der Waals surface area (Å²) in [5.41, 5.74) is 6.31. The molecule has 0 saturated carbocycles. The largest absolute Gasteiger partial charge is 0.377 e. The highest BCUT2D eigenvalue weighted by Crippen LogP contribution is 2.29. The van der Waals surface area contributed by atoms with E-state index < -0.39 is 0 Å². The van der Waals surface area contributed by atoms with Gasteiger partial charge in [-0.15, -0.1) is 0 Å². The van der Waals surface area contributed by atoms with Crippen molar-refractivity contribution in [1.29, 1.82) is 0 Å². The van der Waals surface area contributed by atoms with E-state index in [1.54, 1.807) is 0 Å². The zero-order chi connectivity index (χ0) is 12.2. The summed E-state index contributed by atoms with van der Waals surface area (Å²) in [5.74, 6) is 0. The van der Waals surface area contributed by atoms with E-state index in [-0.39, 0.29) is 11.0 Å². The highest BCUT2D eigenvalue weighted by atomic mass is 16.5. The highest BCUT2D eigenvalue weighted by molar-refractivity contribution is 4.95. The van der Waals surface area contributed by atoms with Crippen molar-refractivity contribution in [2.75, 3.05) is 19.7 Å². The molecule has 0 aromatic rings. The zero-order valence-electron chi connectivity index (χ0n) is 11.3. The molecular weight excluding hydrogens is 200 g/mol. The van der Waals surface area contributed by atoms with Crippen molar-refractivity contribution >= 4 is 0 Å². The Morgan fingerprint density at radius 2 is 2.06 bits per heavy atom. The van der Waals surface area contributed by atoms with E-state index in [9.17, 15) is 0 Å². The molecule has 1 aliphatic rings. The van der Waals surface area contributed by atoms with Crippen LogP contribution in [0.5, 0.6) is 0 Å². The minimum Gasteiger partial charge on any atom is -0.377 e. The van der Waals surface area contributed by atoms with Gasteiger partial charge in [0.15, 0.2) is 0 Å². The lowest BCUT2D eigenvalue weighted by molar-refractivity contribution is 0.0822. The number of hydrogen-bond acceptors (Lipinski definition) is 3. The van der Waals surface area contributed by atoms with Crippen molar-refractivity contribution in [2.24, 2.45) is 11.1 Å².